The van der Waals surface area contributed by atoms with Gasteiger partial charge >= 0.3 is 0 Å². The summed E-state index contributed by atoms with van der Waals surface area (Å²) in [5, 5.41) is 3.21. The van der Waals surface area contributed by atoms with E-state index in [1.165, 1.54) is 25.0 Å². The molecular weight excluding hydrogens is 263 g/mol. The van der Waals surface area contributed by atoms with Gasteiger partial charge in [0, 0.05) is 31.0 Å². The highest BCUT2D eigenvalue weighted by atomic mass is 32.1. The lowest BCUT2D eigenvalue weighted by Gasteiger charge is -2.11. The van der Waals surface area contributed by atoms with E-state index in [2.05, 4.69) is 5.32 Å². The molecule has 0 amide bonds. The average Bonchev–Trinajstić information content (AvgIpc) is 3.19. The van der Waals surface area contributed by atoms with Crippen LogP contribution in [0.3, 0.4) is 0 Å². The van der Waals surface area contributed by atoms with Gasteiger partial charge in [0.25, 0.3) is 0 Å². The Balaban J connectivity index is 1.73. The second-order valence-corrected chi connectivity index (χ2v) is 5.29. The fourth-order valence-corrected chi connectivity index (χ4v) is 1.98. The molecule has 0 bridgehead atoms. The van der Waals surface area contributed by atoms with Gasteiger partial charge in [0.1, 0.15) is 10.8 Å². The molecule has 0 spiro atoms. The van der Waals surface area contributed by atoms with Crippen molar-refractivity contribution in [2.45, 2.75) is 19.3 Å². The molecule has 0 aliphatic heterocycles. The minimum atomic E-state index is -0.332. The van der Waals surface area contributed by atoms with Gasteiger partial charge in [-0.15, -0.1) is 0 Å². The van der Waals surface area contributed by atoms with Gasteiger partial charge in [-0.25, -0.2) is 4.39 Å². The quantitative estimate of drug-likeness (QED) is 0.568. The van der Waals surface area contributed by atoms with E-state index in [0.29, 0.717) is 5.56 Å². The Morgan fingerprint density at radius 2 is 2.26 bits per heavy atom. The maximum absolute atomic E-state index is 13.1. The molecule has 1 aromatic carbocycles. The van der Waals surface area contributed by atoms with Gasteiger partial charge in [0.15, 0.2) is 0 Å². The molecule has 0 unspecified atom stereocenters. The molecular formula is C14H19FN2OS. The lowest BCUT2D eigenvalue weighted by atomic mass is 10.1. The van der Waals surface area contributed by atoms with Crippen LogP contribution in [0.1, 0.15) is 24.8 Å². The molecule has 104 valence electrons. The van der Waals surface area contributed by atoms with E-state index in [1.807, 2.05) is 0 Å². The Hall–Kier alpha value is -1.20. The molecule has 0 atom stereocenters. The van der Waals surface area contributed by atoms with Crippen molar-refractivity contribution in [2.24, 2.45) is 11.7 Å². The Labute approximate surface area is 118 Å². The van der Waals surface area contributed by atoms with E-state index in [1.54, 1.807) is 6.07 Å². The highest BCUT2D eigenvalue weighted by molar-refractivity contribution is 7.80. The van der Waals surface area contributed by atoms with Gasteiger partial charge in [0.05, 0.1) is 0 Å². The molecule has 2 rings (SSSR count). The van der Waals surface area contributed by atoms with Crippen LogP contribution < -0.4 is 11.1 Å². The van der Waals surface area contributed by atoms with Crippen molar-refractivity contribution < 1.29 is 9.13 Å². The number of halogens is 1. The van der Waals surface area contributed by atoms with Crippen molar-refractivity contribution in [3.8, 4) is 0 Å². The minimum Gasteiger partial charge on any atom is -0.389 e. The van der Waals surface area contributed by atoms with Crippen molar-refractivity contribution in [3.63, 3.8) is 0 Å². The zero-order valence-corrected chi connectivity index (χ0v) is 11.6. The molecule has 1 fully saturated rings. The number of rotatable bonds is 8. The first-order valence-corrected chi connectivity index (χ1v) is 6.98. The van der Waals surface area contributed by atoms with Crippen LogP contribution in [-0.2, 0) is 4.74 Å². The monoisotopic (exact) mass is 282 g/mol. The Kier molecular flexibility index (Phi) is 5.10. The number of ether oxygens (including phenoxy) is 1. The van der Waals surface area contributed by atoms with Crippen molar-refractivity contribution in [1.29, 1.82) is 0 Å². The van der Waals surface area contributed by atoms with Gasteiger partial charge in [-0.1, -0.05) is 12.2 Å². The standard InChI is InChI=1S/C14H19FN2OS/c15-11-4-5-13(12(8-11)14(16)19)17-6-1-7-18-9-10-2-3-10/h4-5,8,10,17H,1-3,6-7,9H2,(H2,16,19). The number of nitrogens with one attached hydrogen (secondary N) is 1. The van der Waals surface area contributed by atoms with Crippen LogP contribution in [-0.4, -0.2) is 24.7 Å². The summed E-state index contributed by atoms with van der Waals surface area (Å²) in [4.78, 5) is 0.201. The zero-order valence-electron chi connectivity index (χ0n) is 10.8. The Morgan fingerprint density at radius 3 is 2.95 bits per heavy atom. The highest BCUT2D eigenvalue weighted by Gasteiger charge is 2.20. The summed E-state index contributed by atoms with van der Waals surface area (Å²) in [6.07, 6.45) is 3.52. The molecule has 0 saturated heterocycles. The summed E-state index contributed by atoms with van der Waals surface area (Å²) in [6.45, 7) is 2.38. The molecule has 0 aromatic heterocycles. The van der Waals surface area contributed by atoms with Crippen LogP contribution in [0, 0.1) is 11.7 Å². The van der Waals surface area contributed by atoms with Gasteiger partial charge in [-0.05, 0) is 43.4 Å². The first-order valence-electron chi connectivity index (χ1n) is 6.58. The number of benzene rings is 1. The van der Waals surface area contributed by atoms with Crippen LogP contribution >= 0.6 is 12.2 Å². The smallest absolute Gasteiger partial charge is 0.124 e. The van der Waals surface area contributed by atoms with E-state index in [9.17, 15) is 4.39 Å². The number of thiocarbonyl (C=S) groups is 1. The number of hydrogen-bond acceptors (Lipinski definition) is 3. The highest BCUT2D eigenvalue weighted by Crippen LogP contribution is 2.28. The summed E-state index contributed by atoms with van der Waals surface area (Å²) in [7, 11) is 0. The van der Waals surface area contributed by atoms with E-state index >= 15 is 0 Å². The van der Waals surface area contributed by atoms with E-state index < -0.39 is 0 Å². The Morgan fingerprint density at radius 1 is 1.47 bits per heavy atom. The Bertz CT molecular complexity index is 449. The predicted molar refractivity (Wildman–Crippen MR) is 78.9 cm³/mol. The summed E-state index contributed by atoms with van der Waals surface area (Å²) in [5.74, 6) is 0.465. The van der Waals surface area contributed by atoms with Crippen molar-refractivity contribution >= 4 is 22.9 Å². The molecule has 3 N–H and O–H groups in total. The lowest BCUT2D eigenvalue weighted by Crippen LogP contribution is -2.15. The maximum Gasteiger partial charge on any atom is 0.124 e. The molecule has 0 radical (unpaired) electrons. The fraction of sp³-hybridized carbons (Fsp3) is 0.500. The van der Waals surface area contributed by atoms with Gasteiger partial charge in [0.2, 0.25) is 0 Å². The molecule has 1 saturated carbocycles. The van der Waals surface area contributed by atoms with Gasteiger partial charge in [-0.2, -0.15) is 0 Å². The van der Waals surface area contributed by atoms with Crippen molar-refractivity contribution in [2.75, 3.05) is 25.1 Å². The second-order valence-electron chi connectivity index (χ2n) is 4.85. The topological polar surface area (TPSA) is 47.3 Å². The first kappa shape index (κ1) is 14.2. The SMILES string of the molecule is NC(=S)c1cc(F)ccc1NCCCOCC1CC1. The molecule has 5 heteroatoms. The maximum atomic E-state index is 13.1. The molecule has 19 heavy (non-hydrogen) atoms. The third-order valence-electron chi connectivity index (χ3n) is 3.08. The minimum absolute atomic E-state index is 0.201. The summed E-state index contributed by atoms with van der Waals surface area (Å²) in [5.41, 5.74) is 6.90. The third kappa shape index (κ3) is 4.76. The summed E-state index contributed by atoms with van der Waals surface area (Å²) >= 11 is 4.91. The van der Waals surface area contributed by atoms with Gasteiger partial charge in [-0.3, -0.25) is 0 Å². The van der Waals surface area contributed by atoms with E-state index in [-0.39, 0.29) is 10.8 Å². The van der Waals surface area contributed by atoms with Crippen LogP contribution in [0.4, 0.5) is 10.1 Å². The molecule has 1 aliphatic rings. The normalized spacial score (nSPS) is 14.4. The molecule has 0 heterocycles. The van der Waals surface area contributed by atoms with E-state index in [4.69, 9.17) is 22.7 Å². The van der Waals surface area contributed by atoms with Crippen molar-refractivity contribution in [1.82, 2.24) is 0 Å². The van der Waals surface area contributed by atoms with Crippen LogP contribution in [0.25, 0.3) is 0 Å². The average molecular weight is 282 g/mol. The first-order chi connectivity index (χ1) is 9.16. The van der Waals surface area contributed by atoms with Crippen LogP contribution in [0.15, 0.2) is 18.2 Å². The zero-order chi connectivity index (χ0) is 13.7. The van der Waals surface area contributed by atoms with Crippen LogP contribution in [0.5, 0.6) is 0 Å². The lowest BCUT2D eigenvalue weighted by molar-refractivity contribution is 0.124. The van der Waals surface area contributed by atoms with Crippen molar-refractivity contribution in [3.05, 3.63) is 29.6 Å². The number of anilines is 1. The molecule has 1 aliphatic carbocycles. The number of hydrogen-bond donors (Lipinski definition) is 2. The van der Waals surface area contributed by atoms with E-state index in [0.717, 1.165) is 37.8 Å². The summed E-state index contributed by atoms with van der Waals surface area (Å²) in [6, 6.07) is 4.41. The summed E-state index contributed by atoms with van der Waals surface area (Å²) < 4.78 is 18.7. The van der Waals surface area contributed by atoms with Gasteiger partial charge < -0.3 is 15.8 Å². The largest absolute Gasteiger partial charge is 0.389 e. The number of nitrogens with two attached hydrogens (primary N) is 1. The fourth-order valence-electron chi connectivity index (χ4n) is 1.81. The predicted octanol–water partition coefficient (Wildman–Crippen LogP) is 2.69. The third-order valence-corrected chi connectivity index (χ3v) is 3.30. The molecule has 1 aromatic rings. The molecule has 3 nitrogen and oxygen atoms in total. The second kappa shape index (κ2) is 6.82. The van der Waals surface area contributed by atoms with Crippen LogP contribution in [0.2, 0.25) is 0 Å².